The van der Waals surface area contributed by atoms with Crippen molar-refractivity contribution >= 4 is 11.6 Å². The standard InChI is InChI=1S/C17H26N2O/c1-3-4-6-14-8-10-16(11-9-14)19(2)17(20)15-7-5-12-18-13-15/h8-11,15,18H,3-7,12-13H2,1-2H3. The Bertz CT molecular complexity index is 421. The van der Waals surface area contributed by atoms with E-state index in [4.69, 9.17) is 0 Å². The Morgan fingerprint density at radius 3 is 2.70 bits per heavy atom. The number of nitrogens with one attached hydrogen (secondary N) is 1. The van der Waals surface area contributed by atoms with Gasteiger partial charge in [-0.15, -0.1) is 0 Å². The molecule has 1 amide bonds. The summed E-state index contributed by atoms with van der Waals surface area (Å²) in [5, 5.41) is 3.31. The minimum absolute atomic E-state index is 0.133. The van der Waals surface area contributed by atoms with Gasteiger partial charge in [0.2, 0.25) is 5.91 Å². The van der Waals surface area contributed by atoms with Crippen LogP contribution in [0, 0.1) is 5.92 Å². The minimum atomic E-state index is 0.133. The number of hydrogen-bond donors (Lipinski definition) is 1. The number of hydrogen-bond acceptors (Lipinski definition) is 2. The van der Waals surface area contributed by atoms with Crippen molar-refractivity contribution in [1.82, 2.24) is 5.32 Å². The number of carbonyl (C=O) groups is 1. The zero-order valence-corrected chi connectivity index (χ0v) is 12.7. The highest BCUT2D eigenvalue weighted by molar-refractivity contribution is 5.94. The molecule has 1 N–H and O–H groups in total. The maximum Gasteiger partial charge on any atom is 0.231 e. The largest absolute Gasteiger partial charge is 0.316 e. The van der Waals surface area contributed by atoms with Crippen LogP contribution in [0.4, 0.5) is 5.69 Å². The van der Waals surface area contributed by atoms with Crippen LogP contribution in [0.1, 0.15) is 38.2 Å². The van der Waals surface area contributed by atoms with Crippen molar-refractivity contribution in [1.29, 1.82) is 0 Å². The molecule has 1 aliphatic heterocycles. The van der Waals surface area contributed by atoms with Crippen molar-refractivity contribution in [3.63, 3.8) is 0 Å². The molecule has 1 unspecified atom stereocenters. The van der Waals surface area contributed by atoms with Gasteiger partial charge >= 0.3 is 0 Å². The number of piperidine rings is 1. The highest BCUT2D eigenvalue weighted by atomic mass is 16.2. The van der Waals surface area contributed by atoms with E-state index in [0.717, 1.165) is 38.0 Å². The number of aryl methyl sites for hydroxylation is 1. The lowest BCUT2D eigenvalue weighted by Crippen LogP contribution is -2.41. The number of carbonyl (C=O) groups excluding carboxylic acids is 1. The molecule has 0 aromatic heterocycles. The van der Waals surface area contributed by atoms with Crippen LogP contribution in [-0.4, -0.2) is 26.0 Å². The van der Waals surface area contributed by atoms with Gasteiger partial charge in [-0.05, 0) is 49.9 Å². The van der Waals surface area contributed by atoms with Gasteiger partial charge in [0.05, 0.1) is 5.92 Å². The van der Waals surface area contributed by atoms with Gasteiger partial charge in [-0.2, -0.15) is 0 Å². The van der Waals surface area contributed by atoms with E-state index in [-0.39, 0.29) is 11.8 Å². The molecule has 3 nitrogen and oxygen atoms in total. The normalized spacial score (nSPS) is 18.8. The van der Waals surface area contributed by atoms with E-state index in [2.05, 4.69) is 36.5 Å². The highest BCUT2D eigenvalue weighted by Crippen LogP contribution is 2.20. The Morgan fingerprint density at radius 1 is 1.35 bits per heavy atom. The van der Waals surface area contributed by atoms with Crippen molar-refractivity contribution in [2.45, 2.75) is 39.0 Å². The second-order valence-corrected chi connectivity index (χ2v) is 5.71. The van der Waals surface area contributed by atoms with Crippen LogP contribution in [0.25, 0.3) is 0 Å². The summed E-state index contributed by atoms with van der Waals surface area (Å²) in [7, 11) is 1.89. The summed E-state index contributed by atoms with van der Waals surface area (Å²) < 4.78 is 0. The molecular formula is C17H26N2O. The van der Waals surface area contributed by atoms with E-state index < -0.39 is 0 Å². The van der Waals surface area contributed by atoms with E-state index in [1.807, 2.05) is 7.05 Å². The van der Waals surface area contributed by atoms with Gasteiger partial charge in [0.25, 0.3) is 0 Å². The second-order valence-electron chi connectivity index (χ2n) is 5.71. The van der Waals surface area contributed by atoms with Crippen LogP contribution in [0.5, 0.6) is 0 Å². The number of rotatable bonds is 5. The molecule has 1 heterocycles. The fourth-order valence-corrected chi connectivity index (χ4v) is 2.73. The Labute approximate surface area is 122 Å². The van der Waals surface area contributed by atoms with Crippen LogP contribution < -0.4 is 10.2 Å². The van der Waals surface area contributed by atoms with Crippen LogP contribution in [0.2, 0.25) is 0 Å². The topological polar surface area (TPSA) is 32.3 Å². The summed E-state index contributed by atoms with van der Waals surface area (Å²) >= 11 is 0. The smallest absolute Gasteiger partial charge is 0.231 e. The van der Waals surface area contributed by atoms with E-state index in [0.29, 0.717) is 0 Å². The van der Waals surface area contributed by atoms with Gasteiger partial charge in [-0.3, -0.25) is 4.79 Å². The molecule has 20 heavy (non-hydrogen) atoms. The first-order chi connectivity index (χ1) is 9.72. The third kappa shape index (κ3) is 3.83. The first-order valence-corrected chi connectivity index (χ1v) is 7.79. The molecule has 1 aliphatic rings. The van der Waals surface area contributed by atoms with E-state index in [1.54, 1.807) is 4.90 Å². The number of unbranched alkanes of at least 4 members (excludes halogenated alkanes) is 1. The Kier molecular flexibility index (Phi) is 5.60. The van der Waals surface area contributed by atoms with Gasteiger partial charge in [0, 0.05) is 19.3 Å². The number of anilines is 1. The first-order valence-electron chi connectivity index (χ1n) is 7.79. The Hall–Kier alpha value is -1.35. The number of amides is 1. The van der Waals surface area contributed by atoms with Gasteiger partial charge in [0.1, 0.15) is 0 Å². The summed E-state index contributed by atoms with van der Waals surface area (Å²) in [4.78, 5) is 14.2. The zero-order chi connectivity index (χ0) is 14.4. The lowest BCUT2D eigenvalue weighted by Gasteiger charge is -2.27. The molecule has 0 aliphatic carbocycles. The van der Waals surface area contributed by atoms with Crippen molar-refractivity contribution in [2.75, 3.05) is 25.0 Å². The van der Waals surface area contributed by atoms with Gasteiger partial charge in [0.15, 0.2) is 0 Å². The molecule has 0 saturated carbocycles. The molecule has 0 radical (unpaired) electrons. The average Bonchev–Trinajstić information content (AvgIpc) is 2.53. The molecule has 0 bridgehead atoms. The van der Waals surface area contributed by atoms with Crippen LogP contribution in [0.3, 0.4) is 0 Å². The molecule has 1 atom stereocenters. The minimum Gasteiger partial charge on any atom is -0.316 e. The summed E-state index contributed by atoms with van der Waals surface area (Å²) in [6, 6.07) is 8.43. The summed E-state index contributed by atoms with van der Waals surface area (Å²) in [5.41, 5.74) is 2.36. The molecule has 3 heteroatoms. The Morgan fingerprint density at radius 2 is 2.10 bits per heavy atom. The molecule has 110 valence electrons. The molecule has 1 aromatic rings. The monoisotopic (exact) mass is 274 g/mol. The third-order valence-corrected chi connectivity index (χ3v) is 4.12. The zero-order valence-electron chi connectivity index (χ0n) is 12.7. The molecule has 1 saturated heterocycles. The number of nitrogens with zero attached hydrogens (tertiary/aromatic N) is 1. The van der Waals surface area contributed by atoms with Crippen molar-refractivity contribution in [2.24, 2.45) is 5.92 Å². The molecule has 2 rings (SSSR count). The second kappa shape index (κ2) is 7.44. The first kappa shape index (κ1) is 15.0. The van der Waals surface area contributed by atoms with Gasteiger partial charge in [-0.25, -0.2) is 0 Å². The maximum atomic E-state index is 12.4. The van der Waals surface area contributed by atoms with E-state index in [1.165, 1.54) is 18.4 Å². The summed E-state index contributed by atoms with van der Waals surface area (Å²) in [5.74, 6) is 0.368. The van der Waals surface area contributed by atoms with Crippen LogP contribution in [0.15, 0.2) is 24.3 Å². The maximum absolute atomic E-state index is 12.4. The molecule has 1 aromatic carbocycles. The lowest BCUT2D eigenvalue weighted by atomic mass is 9.98. The number of benzene rings is 1. The predicted molar refractivity (Wildman–Crippen MR) is 84.1 cm³/mol. The van der Waals surface area contributed by atoms with Crippen molar-refractivity contribution < 1.29 is 4.79 Å². The molecular weight excluding hydrogens is 248 g/mol. The van der Waals surface area contributed by atoms with Crippen LogP contribution in [-0.2, 0) is 11.2 Å². The lowest BCUT2D eigenvalue weighted by molar-refractivity contribution is -0.122. The van der Waals surface area contributed by atoms with Gasteiger partial charge < -0.3 is 10.2 Å². The molecule has 1 fully saturated rings. The van der Waals surface area contributed by atoms with Crippen molar-refractivity contribution in [3.8, 4) is 0 Å². The van der Waals surface area contributed by atoms with Crippen molar-refractivity contribution in [3.05, 3.63) is 29.8 Å². The summed E-state index contributed by atoms with van der Waals surface area (Å²) in [6.07, 6.45) is 5.67. The van der Waals surface area contributed by atoms with E-state index >= 15 is 0 Å². The van der Waals surface area contributed by atoms with E-state index in [9.17, 15) is 4.79 Å². The quantitative estimate of drug-likeness (QED) is 0.895. The average molecular weight is 274 g/mol. The molecule has 0 spiro atoms. The SMILES string of the molecule is CCCCc1ccc(N(C)C(=O)C2CCCNC2)cc1. The predicted octanol–water partition coefficient (Wildman–Crippen LogP) is 2.99. The highest BCUT2D eigenvalue weighted by Gasteiger charge is 2.24. The summed E-state index contributed by atoms with van der Waals surface area (Å²) in [6.45, 7) is 4.07. The Balaban J connectivity index is 1.97. The van der Waals surface area contributed by atoms with Gasteiger partial charge in [-0.1, -0.05) is 25.5 Å². The van der Waals surface area contributed by atoms with Crippen LogP contribution >= 0.6 is 0 Å². The third-order valence-electron chi connectivity index (χ3n) is 4.12. The fraction of sp³-hybridized carbons (Fsp3) is 0.588. The fourth-order valence-electron chi connectivity index (χ4n) is 2.73.